The summed E-state index contributed by atoms with van der Waals surface area (Å²) in [7, 11) is -1.35. The lowest BCUT2D eigenvalue weighted by Gasteiger charge is -2.26. The summed E-state index contributed by atoms with van der Waals surface area (Å²) in [5.74, 6) is -0.644. The lowest BCUT2D eigenvalue weighted by Crippen LogP contribution is -2.24. The Balaban J connectivity index is 2.12. The molecule has 5 heteroatoms. The molecule has 0 spiro atoms. The second-order valence-electron chi connectivity index (χ2n) is 4.55. The van der Waals surface area contributed by atoms with Crippen LogP contribution < -0.4 is 5.73 Å². The van der Waals surface area contributed by atoms with Crippen LogP contribution in [0.5, 0.6) is 0 Å². The van der Waals surface area contributed by atoms with Crippen LogP contribution in [0.1, 0.15) is 16.4 Å². The summed E-state index contributed by atoms with van der Waals surface area (Å²) in [4.78, 5) is 13.3. The summed E-state index contributed by atoms with van der Waals surface area (Å²) in [5.41, 5.74) is 7.22. The molecule has 1 heterocycles. The molecule has 1 aliphatic rings. The van der Waals surface area contributed by atoms with Crippen molar-refractivity contribution in [2.45, 2.75) is 15.0 Å². The fraction of sp³-hybridized carbons (Fsp3) is 0.133. The fourth-order valence-corrected chi connectivity index (χ4v) is 5.08. The normalized spacial score (nSPS) is 15.2. The molecule has 20 heavy (non-hydrogen) atoms. The van der Waals surface area contributed by atoms with Gasteiger partial charge in [0.05, 0.1) is 5.25 Å². The van der Waals surface area contributed by atoms with E-state index in [0.29, 0.717) is 0 Å². The van der Waals surface area contributed by atoms with Crippen molar-refractivity contribution < 1.29 is 9.00 Å². The van der Waals surface area contributed by atoms with E-state index in [1.807, 2.05) is 48.5 Å². The zero-order valence-electron chi connectivity index (χ0n) is 10.6. The van der Waals surface area contributed by atoms with Crippen molar-refractivity contribution in [2.75, 3.05) is 5.75 Å². The van der Waals surface area contributed by atoms with Crippen LogP contribution in [-0.2, 0) is 15.6 Å². The van der Waals surface area contributed by atoms with Crippen LogP contribution in [0, 0.1) is 0 Å². The number of fused-ring (bicyclic) bond motifs is 2. The van der Waals surface area contributed by atoms with Crippen LogP contribution in [0.2, 0.25) is 0 Å². The Hall–Kier alpha value is -1.59. The maximum atomic E-state index is 12.5. The highest BCUT2D eigenvalue weighted by atomic mass is 32.2. The highest BCUT2D eigenvalue weighted by Crippen LogP contribution is 2.46. The second kappa shape index (κ2) is 5.42. The smallest absolute Gasteiger partial charge is 0.230 e. The number of amides is 1. The van der Waals surface area contributed by atoms with E-state index >= 15 is 0 Å². The molecule has 3 nitrogen and oxygen atoms in total. The van der Waals surface area contributed by atoms with Gasteiger partial charge in [0.1, 0.15) is 5.75 Å². The largest absolute Gasteiger partial charge is 0.369 e. The lowest BCUT2D eigenvalue weighted by molar-refractivity contribution is -0.115. The topological polar surface area (TPSA) is 60.2 Å². The lowest BCUT2D eigenvalue weighted by atomic mass is 10.0. The minimum Gasteiger partial charge on any atom is -0.369 e. The minimum atomic E-state index is -1.35. The summed E-state index contributed by atoms with van der Waals surface area (Å²) in [5, 5.41) is -0.281. The standard InChI is InChI=1S/C15H13NO2S2/c16-14(17)9-20(18)15-10-5-1-3-7-12(10)19-13-8-4-2-6-11(13)15/h1-8,15H,9H2,(H2,16,17). The Morgan fingerprint density at radius 2 is 1.55 bits per heavy atom. The van der Waals surface area contributed by atoms with Crippen LogP contribution in [0.4, 0.5) is 0 Å². The molecular formula is C15H13NO2S2. The summed E-state index contributed by atoms with van der Waals surface area (Å²) in [6, 6.07) is 15.8. The highest BCUT2D eigenvalue weighted by molar-refractivity contribution is 7.99. The third kappa shape index (κ3) is 2.39. The molecule has 1 amide bonds. The van der Waals surface area contributed by atoms with E-state index in [1.54, 1.807) is 11.8 Å². The molecule has 1 atom stereocenters. The molecule has 102 valence electrons. The summed E-state index contributed by atoms with van der Waals surface area (Å²) >= 11 is 1.67. The van der Waals surface area contributed by atoms with Gasteiger partial charge < -0.3 is 5.73 Å². The van der Waals surface area contributed by atoms with Crippen LogP contribution in [0.15, 0.2) is 58.3 Å². The number of carbonyl (C=O) groups excluding carboxylic acids is 1. The number of hydrogen-bond acceptors (Lipinski definition) is 3. The average Bonchev–Trinajstić information content (AvgIpc) is 2.43. The van der Waals surface area contributed by atoms with Crippen molar-refractivity contribution in [3.63, 3.8) is 0 Å². The third-order valence-electron chi connectivity index (χ3n) is 3.17. The maximum absolute atomic E-state index is 12.5. The first-order valence-corrected chi connectivity index (χ1v) is 8.38. The predicted octanol–water partition coefficient (Wildman–Crippen LogP) is 2.47. The second-order valence-corrected chi connectivity index (χ2v) is 7.15. The van der Waals surface area contributed by atoms with Gasteiger partial charge in [-0.2, -0.15) is 0 Å². The van der Waals surface area contributed by atoms with Crippen molar-refractivity contribution in [1.82, 2.24) is 0 Å². The zero-order chi connectivity index (χ0) is 14.1. The van der Waals surface area contributed by atoms with Gasteiger partial charge in [-0.05, 0) is 23.3 Å². The van der Waals surface area contributed by atoms with Crippen LogP contribution in [0.3, 0.4) is 0 Å². The first-order chi connectivity index (χ1) is 9.66. The molecule has 0 radical (unpaired) electrons. The van der Waals surface area contributed by atoms with Gasteiger partial charge in [-0.1, -0.05) is 48.2 Å². The number of rotatable bonds is 3. The Kier molecular flexibility index (Phi) is 3.63. The molecule has 0 saturated carbocycles. The number of hydrogen-bond donors (Lipinski definition) is 1. The van der Waals surface area contributed by atoms with Crippen LogP contribution in [0.25, 0.3) is 0 Å². The molecule has 2 N–H and O–H groups in total. The number of nitrogens with two attached hydrogens (primary N) is 1. The molecule has 0 bridgehead atoms. The SMILES string of the molecule is NC(=O)CS(=O)C1c2ccccc2Sc2ccccc21. The molecule has 0 aliphatic carbocycles. The average molecular weight is 303 g/mol. The van der Waals surface area contributed by atoms with Crippen molar-refractivity contribution >= 4 is 28.5 Å². The van der Waals surface area contributed by atoms with Gasteiger partial charge >= 0.3 is 0 Å². The van der Waals surface area contributed by atoms with Gasteiger partial charge in [-0.3, -0.25) is 9.00 Å². The number of benzene rings is 2. The van der Waals surface area contributed by atoms with Gasteiger partial charge in [0.2, 0.25) is 5.91 Å². The predicted molar refractivity (Wildman–Crippen MR) is 81.1 cm³/mol. The maximum Gasteiger partial charge on any atom is 0.230 e. The zero-order valence-corrected chi connectivity index (χ0v) is 12.2. The molecule has 1 aliphatic heterocycles. The number of carbonyl (C=O) groups is 1. The Labute approximate surface area is 124 Å². The first kappa shape index (κ1) is 13.4. The Bertz CT molecular complexity index is 654. The van der Waals surface area contributed by atoms with E-state index in [0.717, 1.165) is 20.9 Å². The minimum absolute atomic E-state index is 0.113. The van der Waals surface area contributed by atoms with E-state index in [2.05, 4.69) is 0 Å². The van der Waals surface area contributed by atoms with Crippen LogP contribution in [-0.4, -0.2) is 15.9 Å². The van der Waals surface area contributed by atoms with E-state index in [-0.39, 0.29) is 11.0 Å². The van der Waals surface area contributed by atoms with Gasteiger partial charge in [0.15, 0.2) is 0 Å². The summed E-state index contributed by atoms with van der Waals surface area (Å²) in [6.45, 7) is 0. The van der Waals surface area contributed by atoms with Crippen LogP contribution >= 0.6 is 11.8 Å². The molecule has 2 aromatic carbocycles. The van der Waals surface area contributed by atoms with Crippen molar-refractivity contribution in [3.05, 3.63) is 59.7 Å². The van der Waals surface area contributed by atoms with Crippen molar-refractivity contribution in [2.24, 2.45) is 5.73 Å². The van der Waals surface area contributed by atoms with Gasteiger partial charge in [-0.25, -0.2) is 0 Å². The van der Waals surface area contributed by atoms with Gasteiger partial charge in [0, 0.05) is 20.6 Å². The molecule has 0 saturated heterocycles. The van der Waals surface area contributed by atoms with Crippen molar-refractivity contribution in [1.29, 1.82) is 0 Å². The van der Waals surface area contributed by atoms with E-state index in [9.17, 15) is 9.00 Å². The van der Waals surface area contributed by atoms with Gasteiger partial charge in [-0.15, -0.1) is 0 Å². The Morgan fingerprint density at radius 3 is 2.05 bits per heavy atom. The van der Waals surface area contributed by atoms with E-state index < -0.39 is 16.7 Å². The molecule has 0 aromatic heterocycles. The molecule has 1 unspecified atom stereocenters. The first-order valence-electron chi connectivity index (χ1n) is 6.18. The highest BCUT2D eigenvalue weighted by Gasteiger charge is 2.30. The fourth-order valence-electron chi connectivity index (χ4n) is 2.37. The molecule has 0 fully saturated rings. The molecule has 3 rings (SSSR count). The molecule has 2 aromatic rings. The van der Waals surface area contributed by atoms with Crippen molar-refractivity contribution in [3.8, 4) is 0 Å². The Morgan fingerprint density at radius 1 is 1.05 bits per heavy atom. The quantitative estimate of drug-likeness (QED) is 0.947. The van der Waals surface area contributed by atoms with E-state index in [4.69, 9.17) is 5.73 Å². The number of primary amides is 1. The van der Waals surface area contributed by atoms with Gasteiger partial charge in [0.25, 0.3) is 0 Å². The third-order valence-corrected chi connectivity index (χ3v) is 5.96. The monoisotopic (exact) mass is 303 g/mol. The van der Waals surface area contributed by atoms with E-state index in [1.165, 1.54) is 0 Å². The summed E-state index contributed by atoms with van der Waals surface area (Å²) in [6.07, 6.45) is 0. The molecular weight excluding hydrogens is 290 g/mol. The summed E-state index contributed by atoms with van der Waals surface area (Å²) < 4.78 is 12.5.